The fourth-order valence-corrected chi connectivity index (χ4v) is 2.67. The third-order valence-electron chi connectivity index (χ3n) is 2.61. The number of hydrogen-bond donors (Lipinski definition) is 0. The lowest BCUT2D eigenvalue weighted by Gasteiger charge is -2.20. The average molecular weight is 376 g/mol. The van der Waals surface area contributed by atoms with E-state index in [0.717, 1.165) is 23.6 Å². The van der Waals surface area contributed by atoms with E-state index in [-0.39, 0.29) is 0 Å². The molecule has 0 atom stereocenters. The normalized spacial score (nSPS) is 10.1. The fraction of sp³-hybridized carbons (Fsp3) is 0.500. The number of anilines is 1. The van der Waals surface area contributed by atoms with Gasteiger partial charge in [0, 0.05) is 18.8 Å². The van der Waals surface area contributed by atoms with Gasteiger partial charge >= 0.3 is 0 Å². The summed E-state index contributed by atoms with van der Waals surface area (Å²) in [4.78, 5) is 6.82. The van der Waals surface area contributed by atoms with E-state index in [1.807, 2.05) is 0 Å². The van der Waals surface area contributed by atoms with Crippen LogP contribution in [0, 0.1) is 6.92 Å². The summed E-state index contributed by atoms with van der Waals surface area (Å²) in [7, 11) is 0. The van der Waals surface area contributed by atoms with Crippen LogP contribution in [0.15, 0.2) is 18.2 Å². The largest absolute Gasteiger partial charge is 0.372 e. The Morgan fingerprint density at radius 1 is 1.22 bits per heavy atom. The Bertz CT molecular complexity index is 478. The molecule has 0 saturated carbocycles. The summed E-state index contributed by atoms with van der Waals surface area (Å²) in [6, 6.07) is 6.52. The molecular formula is C14H21IN2S. The first kappa shape index (κ1) is 15.7. The van der Waals surface area contributed by atoms with E-state index in [0.29, 0.717) is 0 Å². The highest BCUT2D eigenvalue weighted by Crippen LogP contribution is 2.26. The quantitative estimate of drug-likeness (QED) is 0.560. The van der Waals surface area contributed by atoms with Gasteiger partial charge in [0.15, 0.2) is 0 Å². The van der Waals surface area contributed by atoms with Crippen molar-refractivity contribution in [3.63, 3.8) is 0 Å². The van der Waals surface area contributed by atoms with Crippen molar-refractivity contribution < 1.29 is 0 Å². The van der Waals surface area contributed by atoms with Gasteiger partial charge in [-0.2, -0.15) is 0 Å². The summed E-state index contributed by atoms with van der Waals surface area (Å²) in [6.45, 7) is 10.7. The van der Waals surface area contributed by atoms with E-state index in [1.165, 1.54) is 14.8 Å². The van der Waals surface area contributed by atoms with Crippen molar-refractivity contribution in [1.29, 1.82) is 0 Å². The number of thiazole rings is 1. The molecule has 0 saturated heterocycles. The molecule has 0 radical (unpaired) electrons. The first-order valence-corrected chi connectivity index (χ1v) is 8.68. The van der Waals surface area contributed by atoms with Crippen molar-refractivity contribution in [2.45, 2.75) is 27.7 Å². The van der Waals surface area contributed by atoms with Gasteiger partial charge in [-0.15, -0.1) is 11.3 Å². The minimum Gasteiger partial charge on any atom is -0.372 e. The standard InChI is InChI=1S/C12H16N2S.C2H5I/c1-4-14(5-2)10-6-7-11-12(8-10)15-9(3)13-11;1-2-3/h6-8H,4-5H2,1-3H3;2H2,1H3. The zero-order valence-electron chi connectivity index (χ0n) is 11.5. The lowest BCUT2D eigenvalue weighted by Crippen LogP contribution is -2.21. The molecule has 0 fully saturated rings. The number of benzene rings is 1. The molecule has 18 heavy (non-hydrogen) atoms. The number of hydrogen-bond acceptors (Lipinski definition) is 3. The molecule has 0 spiro atoms. The van der Waals surface area contributed by atoms with Gasteiger partial charge in [0.25, 0.3) is 0 Å². The second-order valence-corrected chi connectivity index (χ2v) is 6.58. The van der Waals surface area contributed by atoms with Gasteiger partial charge in [-0.05, 0) is 43.4 Å². The summed E-state index contributed by atoms with van der Waals surface area (Å²) < 4.78 is 2.51. The Hall–Kier alpha value is -0.360. The fourth-order valence-electron chi connectivity index (χ4n) is 1.81. The van der Waals surface area contributed by atoms with Crippen molar-refractivity contribution in [2.24, 2.45) is 0 Å². The lowest BCUT2D eigenvalue weighted by molar-refractivity contribution is 0.867. The molecule has 0 bridgehead atoms. The second-order valence-electron chi connectivity index (χ2n) is 3.82. The Balaban J connectivity index is 0.000000492. The molecule has 4 heteroatoms. The summed E-state index contributed by atoms with van der Waals surface area (Å²) in [5, 5.41) is 1.14. The number of aryl methyl sites for hydroxylation is 1. The third kappa shape index (κ3) is 4.09. The van der Waals surface area contributed by atoms with E-state index in [1.54, 1.807) is 11.3 Å². The number of nitrogens with zero attached hydrogens (tertiary/aromatic N) is 2. The molecule has 1 aromatic heterocycles. The van der Waals surface area contributed by atoms with E-state index in [9.17, 15) is 0 Å². The van der Waals surface area contributed by atoms with Crippen LogP contribution in [0.5, 0.6) is 0 Å². The topological polar surface area (TPSA) is 16.1 Å². The van der Waals surface area contributed by atoms with Crippen LogP contribution in [0.2, 0.25) is 0 Å². The van der Waals surface area contributed by atoms with Crippen molar-refractivity contribution >= 4 is 49.8 Å². The molecule has 1 aromatic carbocycles. The van der Waals surface area contributed by atoms with Crippen molar-refractivity contribution in [3.05, 3.63) is 23.2 Å². The van der Waals surface area contributed by atoms with Gasteiger partial charge in [-0.3, -0.25) is 0 Å². The Kier molecular flexibility index (Phi) is 6.92. The first-order valence-electron chi connectivity index (χ1n) is 6.34. The van der Waals surface area contributed by atoms with E-state index in [4.69, 9.17) is 0 Å². The van der Waals surface area contributed by atoms with Gasteiger partial charge in [0.1, 0.15) is 0 Å². The Morgan fingerprint density at radius 2 is 1.83 bits per heavy atom. The predicted molar refractivity (Wildman–Crippen MR) is 92.5 cm³/mol. The molecule has 0 unspecified atom stereocenters. The molecule has 0 N–H and O–H groups in total. The van der Waals surface area contributed by atoms with Gasteiger partial charge in [0.05, 0.1) is 15.2 Å². The summed E-state index contributed by atoms with van der Waals surface area (Å²) in [5.41, 5.74) is 2.42. The van der Waals surface area contributed by atoms with Crippen LogP contribution in [-0.2, 0) is 0 Å². The lowest BCUT2D eigenvalue weighted by atomic mass is 10.2. The molecule has 100 valence electrons. The summed E-state index contributed by atoms with van der Waals surface area (Å²) in [6.07, 6.45) is 0. The summed E-state index contributed by atoms with van der Waals surface area (Å²) in [5.74, 6) is 0. The van der Waals surface area contributed by atoms with Crippen LogP contribution >= 0.6 is 33.9 Å². The van der Waals surface area contributed by atoms with Crippen LogP contribution in [0.3, 0.4) is 0 Å². The third-order valence-corrected chi connectivity index (χ3v) is 3.54. The zero-order chi connectivity index (χ0) is 13.5. The highest BCUT2D eigenvalue weighted by Gasteiger charge is 2.05. The predicted octanol–water partition coefficient (Wildman–Crippen LogP) is 4.89. The molecule has 0 aliphatic rings. The molecular weight excluding hydrogens is 355 g/mol. The Labute approximate surface area is 128 Å². The highest BCUT2D eigenvalue weighted by atomic mass is 127. The molecule has 1 heterocycles. The van der Waals surface area contributed by atoms with Gasteiger partial charge in [0.2, 0.25) is 0 Å². The van der Waals surface area contributed by atoms with E-state index >= 15 is 0 Å². The van der Waals surface area contributed by atoms with Crippen molar-refractivity contribution in [1.82, 2.24) is 4.98 Å². The van der Waals surface area contributed by atoms with Crippen LogP contribution in [0.25, 0.3) is 10.2 Å². The zero-order valence-corrected chi connectivity index (χ0v) is 14.5. The molecule has 2 nitrogen and oxygen atoms in total. The first-order chi connectivity index (χ1) is 8.65. The maximum absolute atomic E-state index is 4.47. The van der Waals surface area contributed by atoms with E-state index in [2.05, 4.69) is 78.4 Å². The number of rotatable bonds is 3. The molecule has 0 amide bonds. The molecule has 2 rings (SSSR count). The molecule has 0 aliphatic heterocycles. The smallest absolute Gasteiger partial charge is 0.0907 e. The van der Waals surface area contributed by atoms with Crippen LogP contribution in [-0.4, -0.2) is 22.5 Å². The van der Waals surface area contributed by atoms with Gasteiger partial charge < -0.3 is 4.90 Å². The summed E-state index contributed by atoms with van der Waals surface area (Å²) >= 11 is 4.06. The maximum atomic E-state index is 4.47. The van der Waals surface area contributed by atoms with Gasteiger partial charge in [-0.25, -0.2) is 4.98 Å². The monoisotopic (exact) mass is 376 g/mol. The van der Waals surface area contributed by atoms with Crippen molar-refractivity contribution in [3.8, 4) is 0 Å². The van der Waals surface area contributed by atoms with E-state index < -0.39 is 0 Å². The highest BCUT2D eigenvalue weighted by molar-refractivity contribution is 14.1. The number of alkyl halides is 1. The van der Waals surface area contributed by atoms with Crippen molar-refractivity contribution in [2.75, 3.05) is 22.4 Å². The minimum absolute atomic E-state index is 1.06. The van der Waals surface area contributed by atoms with Crippen LogP contribution in [0.4, 0.5) is 5.69 Å². The SMILES string of the molecule is CCI.CCN(CC)c1ccc2nc(C)sc2c1. The maximum Gasteiger partial charge on any atom is 0.0907 e. The van der Waals surface area contributed by atoms with Gasteiger partial charge in [-0.1, -0.05) is 29.5 Å². The number of fused-ring (bicyclic) bond motifs is 1. The number of aromatic nitrogens is 1. The second kappa shape index (κ2) is 7.94. The number of halogens is 1. The average Bonchev–Trinajstić information content (AvgIpc) is 2.71. The minimum atomic E-state index is 1.06. The molecule has 2 aromatic rings. The Morgan fingerprint density at radius 3 is 2.39 bits per heavy atom. The van der Waals surface area contributed by atoms with Crippen LogP contribution < -0.4 is 4.90 Å². The van der Waals surface area contributed by atoms with Crippen LogP contribution in [0.1, 0.15) is 25.8 Å². The molecule has 0 aliphatic carbocycles.